The predicted octanol–water partition coefficient (Wildman–Crippen LogP) is 0.456. The number of nitrogens with two attached hydrogens (primary N) is 2. The van der Waals surface area contributed by atoms with Gasteiger partial charge in [-0.1, -0.05) is 24.3 Å². The Morgan fingerprint density at radius 3 is 2.25 bits per heavy atom. The maximum atomic E-state index is 5.78. The minimum atomic E-state index is 0.269. The maximum Gasteiger partial charge on any atom is 0.240 e. The van der Waals surface area contributed by atoms with Crippen LogP contribution in [0.15, 0.2) is 24.3 Å². The maximum absolute atomic E-state index is 5.78. The quantitative estimate of drug-likeness (QED) is 0.677. The molecule has 1 aromatic carbocycles. The average Bonchev–Trinajstić information content (AvgIpc) is 2.84. The van der Waals surface area contributed by atoms with E-state index in [4.69, 9.17) is 11.6 Å². The highest BCUT2D eigenvalue weighted by Crippen LogP contribution is 2.32. The molecule has 0 aliphatic heterocycles. The van der Waals surface area contributed by atoms with Crippen molar-refractivity contribution in [1.29, 1.82) is 0 Å². The fourth-order valence-corrected chi connectivity index (χ4v) is 2.34. The molecular weight excluding hydrogens is 202 g/mol. The molecule has 0 saturated heterocycles. The third kappa shape index (κ3) is 1.25. The van der Waals surface area contributed by atoms with Gasteiger partial charge < -0.3 is 11.6 Å². The van der Waals surface area contributed by atoms with E-state index in [0.717, 1.165) is 18.7 Å². The molecule has 4 N–H and O–H groups in total. The Labute approximate surface area is 93.1 Å². The Morgan fingerprint density at radius 2 is 1.75 bits per heavy atom. The van der Waals surface area contributed by atoms with Gasteiger partial charge in [0.25, 0.3) is 0 Å². The molecule has 3 rings (SSSR count). The van der Waals surface area contributed by atoms with Crippen LogP contribution in [0.1, 0.15) is 22.9 Å². The number of hydrogen-bond acceptors (Lipinski definition) is 4. The second-order valence-corrected chi connectivity index (χ2v) is 4.16. The van der Waals surface area contributed by atoms with Gasteiger partial charge in [-0.15, -0.1) is 10.2 Å². The van der Waals surface area contributed by atoms with E-state index < -0.39 is 0 Å². The zero-order chi connectivity index (χ0) is 11.1. The van der Waals surface area contributed by atoms with Crippen LogP contribution in [-0.4, -0.2) is 14.9 Å². The van der Waals surface area contributed by atoms with E-state index in [1.807, 2.05) is 0 Å². The van der Waals surface area contributed by atoms with Gasteiger partial charge in [-0.3, -0.25) is 0 Å². The topological polar surface area (TPSA) is 82.8 Å². The van der Waals surface area contributed by atoms with Crippen molar-refractivity contribution in [2.24, 2.45) is 0 Å². The molecule has 82 valence electrons. The largest absolute Gasteiger partial charge is 0.366 e. The third-order valence-corrected chi connectivity index (χ3v) is 3.16. The molecular formula is C11H13N5. The first kappa shape index (κ1) is 9.21. The number of fused-ring (bicyclic) bond motifs is 1. The second kappa shape index (κ2) is 3.23. The lowest BCUT2D eigenvalue weighted by atomic mass is 10.1. The molecule has 0 bridgehead atoms. The van der Waals surface area contributed by atoms with Gasteiger partial charge >= 0.3 is 0 Å². The molecule has 2 aromatic rings. The Bertz CT molecular complexity index is 506. The molecule has 0 radical (unpaired) electrons. The van der Waals surface area contributed by atoms with Crippen LogP contribution in [-0.2, 0) is 12.8 Å². The number of anilines is 1. The zero-order valence-electron chi connectivity index (χ0n) is 8.80. The van der Waals surface area contributed by atoms with Crippen LogP contribution in [0.4, 0.5) is 5.95 Å². The van der Waals surface area contributed by atoms with Gasteiger partial charge in [-0.2, -0.15) is 0 Å². The molecule has 0 fully saturated rings. The van der Waals surface area contributed by atoms with E-state index >= 15 is 0 Å². The summed E-state index contributed by atoms with van der Waals surface area (Å²) in [4.78, 5) is 0. The highest BCUT2D eigenvalue weighted by atomic mass is 15.4. The lowest BCUT2D eigenvalue weighted by Crippen LogP contribution is -2.18. The molecule has 5 nitrogen and oxygen atoms in total. The molecule has 0 saturated carbocycles. The minimum absolute atomic E-state index is 0.269. The Kier molecular flexibility index (Phi) is 1.86. The van der Waals surface area contributed by atoms with Crippen molar-refractivity contribution < 1.29 is 0 Å². The highest BCUT2D eigenvalue weighted by Gasteiger charge is 2.26. The molecule has 0 spiro atoms. The molecule has 0 unspecified atom stereocenters. The second-order valence-electron chi connectivity index (χ2n) is 4.16. The summed E-state index contributed by atoms with van der Waals surface area (Å²) in [5.74, 6) is 7.12. The van der Waals surface area contributed by atoms with Gasteiger partial charge in [0.1, 0.15) is 0 Å². The van der Waals surface area contributed by atoms with Crippen LogP contribution in [0.5, 0.6) is 0 Å². The first-order valence-corrected chi connectivity index (χ1v) is 5.28. The van der Waals surface area contributed by atoms with Crippen LogP contribution in [0.3, 0.4) is 0 Å². The molecule has 0 amide bonds. The van der Waals surface area contributed by atoms with E-state index in [0.29, 0.717) is 5.92 Å². The normalized spacial score (nSPS) is 15.2. The summed E-state index contributed by atoms with van der Waals surface area (Å²) in [6.45, 7) is 0. The lowest BCUT2D eigenvalue weighted by molar-refractivity contribution is 0.656. The molecule has 1 heterocycles. The number of nitrogen functional groups attached to an aromatic ring is 2. The minimum Gasteiger partial charge on any atom is -0.366 e. The van der Waals surface area contributed by atoms with Crippen molar-refractivity contribution in [3.63, 3.8) is 0 Å². The molecule has 1 aromatic heterocycles. The van der Waals surface area contributed by atoms with Gasteiger partial charge in [-0.25, -0.2) is 4.68 Å². The van der Waals surface area contributed by atoms with Crippen molar-refractivity contribution in [3.8, 4) is 0 Å². The SMILES string of the molecule is Nc1nnc(C2Cc3ccccc3C2)n1N. The van der Waals surface area contributed by atoms with Crippen molar-refractivity contribution in [1.82, 2.24) is 14.9 Å². The van der Waals surface area contributed by atoms with Crippen molar-refractivity contribution in [2.75, 3.05) is 11.6 Å². The first-order chi connectivity index (χ1) is 7.75. The average molecular weight is 215 g/mol. The van der Waals surface area contributed by atoms with Gasteiger partial charge in [0, 0.05) is 5.92 Å². The number of benzene rings is 1. The van der Waals surface area contributed by atoms with Gasteiger partial charge in [-0.05, 0) is 24.0 Å². The highest BCUT2D eigenvalue weighted by molar-refractivity contribution is 5.36. The predicted molar refractivity (Wildman–Crippen MR) is 61.2 cm³/mol. The number of hydrogen-bond donors (Lipinski definition) is 2. The number of aromatic nitrogens is 3. The van der Waals surface area contributed by atoms with Crippen molar-refractivity contribution >= 4 is 5.95 Å². The number of rotatable bonds is 1. The summed E-state index contributed by atoms with van der Waals surface area (Å²) < 4.78 is 1.39. The summed E-state index contributed by atoms with van der Waals surface area (Å²) >= 11 is 0. The third-order valence-electron chi connectivity index (χ3n) is 3.16. The molecule has 5 heteroatoms. The smallest absolute Gasteiger partial charge is 0.240 e. The van der Waals surface area contributed by atoms with Crippen LogP contribution in [0.25, 0.3) is 0 Å². The lowest BCUT2D eigenvalue weighted by Gasteiger charge is -2.07. The van der Waals surface area contributed by atoms with Crippen LogP contribution < -0.4 is 11.6 Å². The molecule has 1 aliphatic carbocycles. The van der Waals surface area contributed by atoms with Gasteiger partial charge in [0.15, 0.2) is 5.82 Å². The summed E-state index contributed by atoms with van der Waals surface area (Å²) in [5.41, 5.74) is 8.32. The molecule has 16 heavy (non-hydrogen) atoms. The fraction of sp³-hybridized carbons (Fsp3) is 0.273. The van der Waals surface area contributed by atoms with Crippen LogP contribution in [0.2, 0.25) is 0 Å². The van der Waals surface area contributed by atoms with Crippen LogP contribution in [0, 0.1) is 0 Å². The Morgan fingerprint density at radius 1 is 1.12 bits per heavy atom. The fourth-order valence-electron chi connectivity index (χ4n) is 2.34. The molecule has 0 atom stereocenters. The van der Waals surface area contributed by atoms with E-state index in [1.54, 1.807) is 0 Å². The molecule has 1 aliphatic rings. The van der Waals surface area contributed by atoms with Gasteiger partial charge in [0.05, 0.1) is 0 Å². The summed E-state index contributed by atoms with van der Waals surface area (Å²) in [7, 11) is 0. The van der Waals surface area contributed by atoms with Crippen LogP contribution >= 0.6 is 0 Å². The summed E-state index contributed by atoms with van der Waals surface area (Å²) in [6.07, 6.45) is 1.93. The monoisotopic (exact) mass is 215 g/mol. The van der Waals surface area contributed by atoms with E-state index in [9.17, 15) is 0 Å². The summed E-state index contributed by atoms with van der Waals surface area (Å²) in [6, 6.07) is 8.41. The van der Waals surface area contributed by atoms with E-state index in [2.05, 4.69) is 34.5 Å². The Balaban J connectivity index is 1.94. The van der Waals surface area contributed by atoms with Crippen molar-refractivity contribution in [2.45, 2.75) is 18.8 Å². The summed E-state index contributed by atoms with van der Waals surface area (Å²) in [5, 5.41) is 7.83. The zero-order valence-corrected chi connectivity index (χ0v) is 8.80. The first-order valence-electron chi connectivity index (χ1n) is 5.28. The number of nitrogens with zero attached hydrogens (tertiary/aromatic N) is 3. The van der Waals surface area contributed by atoms with E-state index in [1.165, 1.54) is 15.8 Å². The standard InChI is InChI=1S/C11H13N5/c12-11-15-14-10(16(11)13)9-5-7-3-1-2-4-8(7)6-9/h1-4,9H,5-6,13H2,(H2,12,15). The Hall–Kier alpha value is -2.04. The van der Waals surface area contributed by atoms with Crippen molar-refractivity contribution in [3.05, 3.63) is 41.2 Å². The van der Waals surface area contributed by atoms with E-state index in [-0.39, 0.29) is 5.95 Å². The van der Waals surface area contributed by atoms with Gasteiger partial charge in [0.2, 0.25) is 5.95 Å².